The van der Waals surface area contributed by atoms with Gasteiger partial charge in [0, 0.05) is 31.7 Å². The van der Waals surface area contributed by atoms with Gasteiger partial charge in [-0.3, -0.25) is 4.79 Å². The molecule has 4 rings (SSSR count). The number of ether oxygens (including phenoxy) is 1. The molecule has 0 radical (unpaired) electrons. The molecular formula is C22H23N3O3S. The van der Waals surface area contributed by atoms with Crippen molar-refractivity contribution in [2.75, 3.05) is 38.2 Å². The number of hydrogen-bond acceptors (Lipinski definition) is 6. The van der Waals surface area contributed by atoms with Gasteiger partial charge in [0.05, 0.1) is 22.9 Å². The SMILES string of the molecule is CCc1ccc2nc(N3CCN(C(=O)c4ccc(C(=O)OC)cc4)CC3)sc2c1. The predicted molar refractivity (Wildman–Crippen MR) is 115 cm³/mol. The number of benzene rings is 2. The van der Waals surface area contributed by atoms with Gasteiger partial charge in [0.15, 0.2) is 5.13 Å². The van der Waals surface area contributed by atoms with Gasteiger partial charge in [0.2, 0.25) is 0 Å². The van der Waals surface area contributed by atoms with Crippen LogP contribution >= 0.6 is 11.3 Å². The third kappa shape index (κ3) is 3.96. The molecular weight excluding hydrogens is 386 g/mol. The van der Waals surface area contributed by atoms with Crippen LogP contribution in [0, 0.1) is 0 Å². The van der Waals surface area contributed by atoms with E-state index in [0.29, 0.717) is 24.2 Å². The first-order valence-corrected chi connectivity index (χ1v) is 10.5. The number of rotatable bonds is 4. The number of hydrogen-bond donors (Lipinski definition) is 0. The van der Waals surface area contributed by atoms with Crippen molar-refractivity contribution in [1.29, 1.82) is 0 Å². The van der Waals surface area contributed by atoms with Gasteiger partial charge in [-0.05, 0) is 48.4 Å². The molecule has 1 aliphatic rings. The average Bonchev–Trinajstić information content (AvgIpc) is 3.21. The highest BCUT2D eigenvalue weighted by Crippen LogP contribution is 2.30. The maximum Gasteiger partial charge on any atom is 0.337 e. The highest BCUT2D eigenvalue weighted by atomic mass is 32.1. The van der Waals surface area contributed by atoms with Crippen LogP contribution < -0.4 is 4.90 Å². The van der Waals surface area contributed by atoms with Crippen LogP contribution in [0.25, 0.3) is 10.2 Å². The molecule has 0 N–H and O–H groups in total. The van der Waals surface area contributed by atoms with Crippen LogP contribution in [0.4, 0.5) is 5.13 Å². The molecule has 1 saturated heterocycles. The molecule has 1 aromatic heterocycles. The van der Waals surface area contributed by atoms with Crippen molar-refractivity contribution in [2.45, 2.75) is 13.3 Å². The van der Waals surface area contributed by atoms with Crippen molar-refractivity contribution >= 4 is 38.6 Å². The van der Waals surface area contributed by atoms with E-state index >= 15 is 0 Å². The Morgan fingerprint density at radius 3 is 2.38 bits per heavy atom. The topological polar surface area (TPSA) is 62.7 Å². The Hall–Kier alpha value is -2.93. The largest absolute Gasteiger partial charge is 0.465 e. The zero-order chi connectivity index (χ0) is 20.4. The summed E-state index contributed by atoms with van der Waals surface area (Å²) in [4.78, 5) is 33.2. The molecule has 1 amide bonds. The highest BCUT2D eigenvalue weighted by molar-refractivity contribution is 7.22. The van der Waals surface area contributed by atoms with E-state index in [2.05, 4.69) is 30.0 Å². The van der Waals surface area contributed by atoms with Gasteiger partial charge in [-0.1, -0.05) is 24.3 Å². The number of esters is 1. The quantitative estimate of drug-likeness (QED) is 0.616. The van der Waals surface area contributed by atoms with Crippen LogP contribution in [0.3, 0.4) is 0 Å². The summed E-state index contributed by atoms with van der Waals surface area (Å²) in [6, 6.07) is 13.1. The third-order valence-corrected chi connectivity index (χ3v) is 6.32. The Morgan fingerprint density at radius 1 is 1.03 bits per heavy atom. The Morgan fingerprint density at radius 2 is 1.72 bits per heavy atom. The maximum absolute atomic E-state index is 12.8. The van der Waals surface area contributed by atoms with Gasteiger partial charge in [-0.2, -0.15) is 0 Å². The molecule has 0 unspecified atom stereocenters. The van der Waals surface area contributed by atoms with Crippen molar-refractivity contribution in [1.82, 2.24) is 9.88 Å². The molecule has 6 nitrogen and oxygen atoms in total. The number of fused-ring (bicyclic) bond motifs is 1. The summed E-state index contributed by atoms with van der Waals surface area (Å²) < 4.78 is 5.91. The highest BCUT2D eigenvalue weighted by Gasteiger charge is 2.24. The molecule has 29 heavy (non-hydrogen) atoms. The van der Waals surface area contributed by atoms with E-state index in [9.17, 15) is 9.59 Å². The van der Waals surface area contributed by atoms with E-state index in [1.54, 1.807) is 35.6 Å². The minimum atomic E-state index is -0.403. The number of piperazine rings is 1. The van der Waals surface area contributed by atoms with Crippen LogP contribution in [-0.4, -0.2) is 55.0 Å². The van der Waals surface area contributed by atoms with Gasteiger partial charge < -0.3 is 14.5 Å². The van der Waals surface area contributed by atoms with Crippen LogP contribution in [0.2, 0.25) is 0 Å². The molecule has 1 fully saturated rings. The number of amides is 1. The van der Waals surface area contributed by atoms with Gasteiger partial charge in [0.1, 0.15) is 0 Å². The van der Waals surface area contributed by atoms with Gasteiger partial charge in [-0.15, -0.1) is 0 Å². The maximum atomic E-state index is 12.8. The predicted octanol–water partition coefficient (Wildman–Crippen LogP) is 3.61. The van der Waals surface area contributed by atoms with E-state index in [-0.39, 0.29) is 5.91 Å². The van der Waals surface area contributed by atoms with Crippen LogP contribution in [0.15, 0.2) is 42.5 Å². The zero-order valence-corrected chi connectivity index (χ0v) is 17.4. The molecule has 0 saturated carbocycles. The summed E-state index contributed by atoms with van der Waals surface area (Å²) >= 11 is 1.71. The van der Waals surface area contributed by atoms with Gasteiger partial charge >= 0.3 is 5.97 Å². The Bertz CT molecular complexity index is 1040. The normalized spacial score (nSPS) is 14.3. The first kappa shape index (κ1) is 19.4. The number of methoxy groups -OCH3 is 1. The van der Waals surface area contributed by atoms with E-state index < -0.39 is 5.97 Å². The van der Waals surface area contributed by atoms with Crippen molar-refractivity contribution in [3.05, 3.63) is 59.2 Å². The molecule has 3 aromatic rings. The average molecular weight is 410 g/mol. The van der Waals surface area contributed by atoms with Crippen molar-refractivity contribution < 1.29 is 14.3 Å². The second kappa shape index (κ2) is 8.21. The Labute approximate surface area is 173 Å². The van der Waals surface area contributed by atoms with Crippen LogP contribution in [0.5, 0.6) is 0 Å². The molecule has 0 atom stereocenters. The fraction of sp³-hybridized carbons (Fsp3) is 0.318. The monoisotopic (exact) mass is 409 g/mol. The summed E-state index contributed by atoms with van der Waals surface area (Å²) in [6.45, 7) is 4.96. The van der Waals surface area contributed by atoms with Crippen molar-refractivity contribution in [3.8, 4) is 0 Å². The molecule has 0 bridgehead atoms. The standard InChI is InChI=1S/C22H23N3O3S/c1-3-15-4-9-18-19(14-15)29-22(23-18)25-12-10-24(11-13-25)20(26)16-5-7-17(8-6-16)21(27)28-2/h4-9,14H,3,10-13H2,1-2H3. The number of thiazole rings is 1. The first-order chi connectivity index (χ1) is 14.1. The second-order valence-corrected chi connectivity index (χ2v) is 8.01. The fourth-order valence-electron chi connectivity index (χ4n) is 3.46. The molecule has 2 aromatic carbocycles. The first-order valence-electron chi connectivity index (χ1n) is 9.71. The number of carbonyl (C=O) groups excluding carboxylic acids is 2. The van der Waals surface area contributed by atoms with Gasteiger partial charge in [0.25, 0.3) is 5.91 Å². The molecule has 0 spiro atoms. The molecule has 0 aliphatic carbocycles. The number of aromatic nitrogens is 1. The zero-order valence-electron chi connectivity index (χ0n) is 16.6. The Kier molecular flexibility index (Phi) is 5.49. The fourth-order valence-corrected chi connectivity index (χ4v) is 4.54. The van der Waals surface area contributed by atoms with E-state index in [1.807, 2.05) is 4.90 Å². The van der Waals surface area contributed by atoms with Crippen LogP contribution in [0.1, 0.15) is 33.2 Å². The van der Waals surface area contributed by atoms with Crippen molar-refractivity contribution in [3.63, 3.8) is 0 Å². The minimum absolute atomic E-state index is 0.0158. The number of anilines is 1. The smallest absolute Gasteiger partial charge is 0.337 e. The minimum Gasteiger partial charge on any atom is -0.465 e. The van der Waals surface area contributed by atoms with E-state index in [1.165, 1.54) is 17.4 Å². The summed E-state index contributed by atoms with van der Waals surface area (Å²) in [5.74, 6) is -0.419. The summed E-state index contributed by atoms with van der Waals surface area (Å²) in [6.07, 6.45) is 1.02. The van der Waals surface area contributed by atoms with E-state index in [0.717, 1.165) is 30.2 Å². The van der Waals surface area contributed by atoms with Crippen molar-refractivity contribution in [2.24, 2.45) is 0 Å². The molecule has 150 valence electrons. The molecule has 7 heteroatoms. The summed E-state index contributed by atoms with van der Waals surface area (Å²) in [5.41, 5.74) is 3.38. The Balaban J connectivity index is 1.41. The summed E-state index contributed by atoms with van der Waals surface area (Å²) in [7, 11) is 1.34. The second-order valence-electron chi connectivity index (χ2n) is 7.00. The van der Waals surface area contributed by atoms with Gasteiger partial charge in [-0.25, -0.2) is 9.78 Å². The van der Waals surface area contributed by atoms with Crippen LogP contribution in [-0.2, 0) is 11.2 Å². The lowest BCUT2D eigenvalue weighted by molar-refractivity contribution is 0.0599. The number of aryl methyl sites for hydroxylation is 1. The molecule has 1 aliphatic heterocycles. The summed E-state index contributed by atoms with van der Waals surface area (Å²) in [5, 5.41) is 1.02. The third-order valence-electron chi connectivity index (χ3n) is 5.24. The van der Waals surface area contributed by atoms with E-state index in [4.69, 9.17) is 9.72 Å². The number of carbonyl (C=O) groups is 2. The lowest BCUT2D eigenvalue weighted by Gasteiger charge is -2.34. The number of nitrogens with zero attached hydrogens (tertiary/aromatic N) is 3. The lowest BCUT2D eigenvalue weighted by Crippen LogP contribution is -2.48. The lowest BCUT2D eigenvalue weighted by atomic mass is 10.1. The molecule has 2 heterocycles.